The van der Waals surface area contributed by atoms with Crippen molar-refractivity contribution in [1.29, 1.82) is 0 Å². The van der Waals surface area contributed by atoms with Gasteiger partial charge in [0.1, 0.15) is 0 Å². The second kappa shape index (κ2) is 4.94. The fourth-order valence-corrected chi connectivity index (χ4v) is 2.41. The topological polar surface area (TPSA) is 38.0 Å². The molecule has 18 heavy (non-hydrogen) atoms. The fourth-order valence-electron chi connectivity index (χ4n) is 2.41. The monoisotopic (exact) mass is 242 g/mol. The van der Waals surface area contributed by atoms with Gasteiger partial charge in [-0.3, -0.25) is 0 Å². The number of aliphatic hydroxyl groups excluding tert-OH is 1. The second-order valence-corrected chi connectivity index (χ2v) is 5.07. The van der Waals surface area contributed by atoms with Crippen molar-refractivity contribution in [3.8, 4) is 5.69 Å². The predicted molar refractivity (Wildman–Crippen MR) is 70.5 cm³/mol. The molecular formula is C15H18N2O. The van der Waals surface area contributed by atoms with E-state index in [1.54, 1.807) is 0 Å². The maximum Gasteiger partial charge on any atom is 0.0981 e. The van der Waals surface area contributed by atoms with Gasteiger partial charge >= 0.3 is 0 Å². The molecule has 1 saturated carbocycles. The fraction of sp³-hybridized carbons (Fsp3) is 0.400. The van der Waals surface area contributed by atoms with Gasteiger partial charge < -0.3 is 5.11 Å². The average Bonchev–Trinajstić information content (AvgIpc) is 2.84. The minimum atomic E-state index is -0.416. The number of para-hydroxylation sites is 1. The Balaban J connectivity index is 1.72. The first-order chi connectivity index (χ1) is 8.83. The molecular weight excluding hydrogens is 224 g/mol. The lowest BCUT2D eigenvalue weighted by Gasteiger charge is -2.26. The number of aliphatic hydroxyl groups is 1. The van der Waals surface area contributed by atoms with Gasteiger partial charge in [0.25, 0.3) is 0 Å². The van der Waals surface area contributed by atoms with E-state index in [1.165, 1.54) is 19.3 Å². The van der Waals surface area contributed by atoms with E-state index >= 15 is 0 Å². The van der Waals surface area contributed by atoms with Crippen molar-refractivity contribution in [1.82, 2.24) is 9.78 Å². The zero-order valence-corrected chi connectivity index (χ0v) is 10.4. The maximum atomic E-state index is 10.1. The Labute approximate surface area is 107 Å². The second-order valence-electron chi connectivity index (χ2n) is 5.07. The van der Waals surface area contributed by atoms with Gasteiger partial charge in [0, 0.05) is 6.20 Å². The standard InChI is InChI=1S/C15H18N2O/c18-15(11-12-5-4-6-12)14-9-10-17(16-14)13-7-2-1-3-8-13/h1-3,7-10,12,15,18H,4-6,11H2. The molecule has 3 rings (SSSR count). The van der Waals surface area contributed by atoms with E-state index in [0.717, 1.165) is 17.8 Å². The first-order valence-electron chi connectivity index (χ1n) is 6.62. The first-order valence-corrected chi connectivity index (χ1v) is 6.62. The van der Waals surface area contributed by atoms with Crippen LogP contribution >= 0.6 is 0 Å². The van der Waals surface area contributed by atoms with Gasteiger partial charge in [-0.15, -0.1) is 0 Å². The van der Waals surface area contributed by atoms with Crippen LogP contribution < -0.4 is 0 Å². The SMILES string of the molecule is OC(CC1CCC1)c1ccn(-c2ccccc2)n1. The van der Waals surface area contributed by atoms with Crippen LogP contribution in [0.1, 0.15) is 37.5 Å². The summed E-state index contributed by atoms with van der Waals surface area (Å²) >= 11 is 0. The summed E-state index contributed by atoms with van der Waals surface area (Å²) in [5.41, 5.74) is 1.81. The van der Waals surface area contributed by atoms with E-state index in [9.17, 15) is 5.11 Å². The molecule has 1 fully saturated rings. The van der Waals surface area contributed by atoms with E-state index in [-0.39, 0.29) is 0 Å². The summed E-state index contributed by atoms with van der Waals surface area (Å²) in [4.78, 5) is 0. The summed E-state index contributed by atoms with van der Waals surface area (Å²) in [7, 11) is 0. The van der Waals surface area contributed by atoms with Crippen molar-refractivity contribution in [2.45, 2.75) is 31.8 Å². The number of aromatic nitrogens is 2. The zero-order chi connectivity index (χ0) is 12.4. The molecule has 0 saturated heterocycles. The molecule has 3 heteroatoms. The Kier molecular flexibility index (Phi) is 3.15. The molecule has 94 valence electrons. The molecule has 1 unspecified atom stereocenters. The molecule has 1 heterocycles. The Hall–Kier alpha value is -1.61. The normalized spacial score (nSPS) is 17.4. The summed E-state index contributed by atoms with van der Waals surface area (Å²) in [5, 5.41) is 14.6. The van der Waals surface area contributed by atoms with E-state index in [4.69, 9.17) is 0 Å². The molecule has 1 atom stereocenters. The van der Waals surface area contributed by atoms with Gasteiger partial charge in [-0.25, -0.2) is 4.68 Å². The van der Waals surface area contributed by atoms with Gasteiger partial charge in [-0.05, 0) is 30.5 Å². The van der Waals surface area contributed by atoms with E-state index in [2.05, 4.69) is 5.10 Å². The van der Waals surface area contributed by atoms with E-state index in [1.807, 2.05) is 47.3 Å². The van der Waals surface area contributed by atoms with Crippen LogP contribution in [0.3, 0.4) is 0 Å². The van der Waals surface area contributed by atoms with E-state index < -0.39 is 6.10 Å². The highest BCUT2D eigenvalue weighted by Crippen LogP contribution is 2.34. The molecule has 0 amide bonds. The van der Waals surface area contributed by atoms with Gasteiger partial charge in [0.05, 0.1) is 17.5 Å². The van der Waals surface area contributed by atoms with E-state index in [0.29, 0.717) is 5.92 Å². The molecule has 1 aromatic heterocycles. The van der Waals surface area contributed by atoms with Crippen molar-refractivity contribution < 1.29 is 5.11 Å². The van der Waals surface area contributed by atoms with Gasteiger partial charge in [-0.2, -0.15) is 5.10 Å². The number of benzene rings is 1. The largest absolute Gasteiger partial charge is 0.387 e. The highest BCUT2D eigenvalue weighted by molar-refractivity contribution is 5.30. The Bertz CT molecular complexity index is 502. The lowest BCUT2D eigenvalue weighted by Crippen LogP contribution is -2.15. The van der Waals surface area contributed by atoms with Gasteiger partial charge in [0.15, 0.2) is 0 Å². The predicted octanol–water partition coefficient (Wildman–Crippen LogP) is 3.10. The summed E-state index contributed by atoms with van der Waals surface area (Å²) in [6, 6.07) is 11.9. The Morgan fingerprint density at radius 2 is 2.00 bits per heavy atom. The third-order valence-electron chi connectivity index (χ3n) is 3.75. The average molecular weight is 242 g/mol. The summed E-state index contributed by atoms with van der Waals surface area (Å²) in [5.74, 6) is 0.696. The lowest BCUT2D eigenvalue weighted by molar-refractivity contribution is 0.114. The van der Waals surface area contributed by atoms with Crippen LogP contribution in [0.4, 0.5) is 0 Å². The maximum absolute atomic E-state index is 10.1. The minimum Gasteiger partial charge on any atom is -0.387 e. The molecule has 0 bridgehead atoms. The molecule has 3 nitrogen and oxygen atoms in total. The number of rotatable bonds is 4. The lowest BCUT2D eigenvalue weighted by atomic mass is 9.81. The van der Waals surface area contributed by atoms with Crippen molar-refractivity contribution in [3.05, 3.63) is 48.3 Å². The quantitative estimate of drug-likeness (QED) is 0.894. The number of hydrogen-bond acceptors (Lipinski definition) is 2. The van der Waals surface area contributed by atoms with Crippen molar-refractivity contribution in [3.63, 3.8) is 0 Å². The highest BCUT2D eigenvalue weighted by atomic mass is 16.3. The summed E-state index contributed by atoms with van der Waals surface area (Å²) < 4.78 is 1.82. The van der Waals surface area contributed by atoms with Crippen LogP contribution in [0.15, 0.2) is 42.6 Å². The third-order valence-corrected chi connectivity index (χ3v) is 3.75. The van der Waals surface area contributed by atoms with Crippen LogP contribution in [0.25, 0.3) is 5.69 Å². The Morgan fingerprint density at radius 1 is 1.22 bits per heavy atom. The number of nitrogens with zero attached hydrogens (tertiary/aromatic N) is 2. The van der Waals surface area contributed by atoms with Crippen LogP contribution in [-0.2, 0) is 0 Å². The Morgan fingerprint density at radius 3 is 2.67 bits per heavy atom. The van der Waals surface area contributed by atoms with Crippen molar-refractivity contribution in [2.24, 2.45) is 5.92 Å². The van der Waals surface area contributed by atoms with Crippen LogP contribution in [0, 0.1) is 5.92 Å². The number of hydrogen-bond donors (Lipinski definition) is 1. The smallest absolute Gasteiger partial charge is 0.0981 e. The summed E-state index contributed by atoms with van der Waals surface area (Å²) in [6.45, 7) is 0. The van der Waals surface area contributed by atoms with Crippen LogP contribution in [0.5, 0.6) is 0 Å². The molecule has 1 aliphatic rings. The first kappa shape index (κ1) is 11.5. The van der Waals surface area contributed by atoms with Gasteiger partial charge in [-0.1, -0.05) is 37.5 Å². The molecule has 1 aromatic carbocycles. The highest BCUT2D eigenvalue weighted by Gasteiger charge is 2.22. The van der Waals surface area contributed by atoms with Crippen LogP contribution in [-0.4, -0.2) is 14.9 Å². The molecule has 2 aromatic rings. The molecule has 1 N–H and O–H groups in total. The molecule has 0 aliphatic heterocycles. The van der Waals surface area contributed by atoms with Gasteiger partial charge in [0.2, 0.25) is 0 Å². The third kappa shape index (κ3) is 2.31. The molecule has 0 radical (unpaired) electrons. The molecule has 1 aliphatic carbocycles. The molecule has 0 spiro atoms. The van der Waals surface area contributed by atoms with Crippen molar-refractivity contribution >= 4 is 0 Å². The summed E-state index contributed by atoms with van der Waals surface area (Å²) in [6.07, 6.45) is 6.18. The van der Waals surface area contributed by atoms with Crippen molar-refractivity contribution in [2.75, 3.05) is 0 Å². The van der Waals surface area contributed by atoms with Crippen LogP contribution in [0.2, 0.25) is 0 Å². The minimum absolute atomic E-state index is 0.416. The zero-order valence-electron chi connectivity index (χ0n) is 10.4.